The summed E-state index contributed by atoms with van der Waals surface area (Å²) in [6, 6.07) is 18.5. The molecular formula is C21H25NO3. The summed E-state index contributed by atoms with van der Waals surface area (Å²) in [7, 11) is 1.68. The lowest BCUT2D eigenvalue weighted by Crippen LogP contribution is -2.23. The van der Waals surface area contributed by atoms with Crippen LogP contribution in [0.3, 0.4) is 0 Å². The summed E-state index contributed by atoms with van der Waals surface area (Å²) in [6.07, 6.45) is 1.30. The lowest BCUT2D eigenvalue weighted by molar-refractivity contribution is -0.149. The third-order valence-corrected chi connectivity index (χ3v) is 4.78. The number of rotatable bonds is 6. The molecule has 0 aromatic heterocycles. The van der Waals surface area contributed by atoms with Crippen LogP contribution in [0, 0.1) is 0 Å². The predicted molar refractivity (Wildman–Crippen MR) is 97.3 cm³/mol. The first-order valence-electron chi connectivity index (χ1n) is 8.73. The summed E-state index contributed by atoms with van der Waals surface area (Å²) in [5.74, 6) is -0.470. The summed E-state index contributed by atoms with van der Waals surface area (Å²) in [6.45, 7) is 3.18. The third-order valence-electron chi connectivity index (χ3n) is 4.78. The number of hydrogen-bond acceptors (Lipinski definition) is 3. The Kier molecular flexibility index (Phi) is 5.51. The average Bonchev–Trinajstić information content (AvgIpc) is 3.10. The minimum Gasteiger partial charge on any atom is -0.359 e. The van der Waals surface area contributed by atoms with E-state index in [4.69, 9.17) is 9.47 Å². The fourth-order valence-electron chi connectivity index (χ4n) is 3.27. The van der Waals surface area contributed by atoms with Gasteiger partial charge in [0.25, 0.3) is 0 Å². The minimum atomic E-state index is -0.658. The van der Waals surface area contributed by atoms with Crippen molar-refractivity contribution in [1.29, 1.82) is 0 Å². The molecule has 0 radical (unpaired) electrons. The molecule has 0 bridgehead atoms. The summed E-state index contributed by atoms with van der Waals surface area (Å²) >= 11 is 0. The van der Waals surface area contributed by atoms with E-state index < -0.39 is 5.79 Å². The van der Waals surface area contributed by atoms with Crippen LogP contribution >= 0.6 is 0 Å². The van der Waals surface area contributed by atoms with Crippen LogP contribution in [-0.2, 0) is 26.5 Å². The van der Waals surface area contributed by atoms with E-state index in [1.165, 1.54) is 5.56 Å². The molecule has 25 heavy (non-hydrogen) atoms. The predicted octanol–water partition coefficient (Wildman–Crippen LogP) is 3.37. The van der Waals surface area contributed by atoms with E-state index in [1.807, 2.05) is 37.3 Å². The van der Waals surface area contributed by atoms with E-state index in [1.54, 1.807) is 7.05 Å². The van der Waals surface area contributed by atoms with Gasteiger partial charge in [-0.05, 0) is 30.4 Å². The molecule has 1 fully saturated rings. The maximum atomic E-state index is 12.0. The fourth-order valence-corrected chi connectivity index (χ4v) is 3.27. The number of ether oxygens (including phenoxy) is 2. The van der Waals surface area contributed by atoms with Crippen LogP contribution in [0.1, 0.15) is 36.0 Å². The Morgan fingerprint density at radius 1 is 1.08 bits per heavy atom. The zero-order chi connectivity index (χ0) is 17.7. The zero-order valence-electron chi connectivity index (χ0n) is 14.8. The Morgan fingerprint density at radius 2 is 1.72 bits per heavy atom. The van der Waals surface area contributed by atoms with Crippen molar-refractivity contribution < 1.29 is 14.3 Å². The largest absolute Gasteiger partial charge is 0.359 e. The standard InChI is InChI=1S/C21H25NO3/c1-21(24-12-13-25-21)19-10-8-17(9-11-19)18(15-20(23)22-2)14-16-6-4-3-5-7-16/h3-11,18H,12-15H2,1-2H3,(H,22,23). The van der Waals surface area contributed by atoms with Crippen molar-refractivity contribution in [2.24, 2.45) is 0 Å². The van der Waals surface area contributed by atoms with Gasteiger partial charge in [0.05, 0.1) is 13.2 Å². The highest BCUT2D eigenvalue weighted by molar-refractivity contribution is 5.76. The van der Waals surface area contributed by atoms with Gasteiger partial charge in [-0.15, -0.1) is 0 Å². The zero-order valence-corrected chi connectivity index (χ0v) is 14.8. The third kappa shape index (κ3) is 4.27. The molecule has 4 heteroatoms. The van der Waals surface area contributed by atoms with Crippen LogP contribution in [-0.4, -0.2) is 26.2 Å². The van der Waals surface area contributed by atoms with Crippen LogP contribution in [0.25, 0.3) is 0 Å². The first kappa shape index (κ1) is 17.6. The minimum absolute atomic E-state index is 0.0550. The monoisotopic (exact) mass is 339 g/mol. The quantitative estimate of drug-likeness (QED) is 0.878. The van der Waals surface area contributed by atoms with Crippen molar-refractivity contribution in [3.05, 3.63) is 71.3 Å². The molecule has 4 nitrogen and oxygen atoms in total. The first-order chi connectivity index (χ1) is 12.1. The van der Waals surface area contributed by atoms with Crippen LogP contribution in [0.2, 0.25) is 0 Å². The van der Waals surface area contributed by atoms with E-state index in [-0.39, 0.29) is 11.8 Å². The van der Waals surface area contributed by atoms with Gasteiger partial charge in [-0.3, -0.25) is 4.79 Å². The van der Waals surface area contributed by atoms with Crippen LogP contribution in [0.4, 0.5) is 0 Å². The van der Waals surface area contributed by atoms with Crippen LogP contribution < -0.4 is 5.32 Å². The summed E-state index contributed by atoms with van der Waals surface area (Å²) < 4.78 is 11.4. The van der Waals surface area contributed by atoms with Gasteiger partial charge in [0, 0.05) is 19.0 Å². The lowest BCUT2D eigenvalue weighted by Gasteiger charge is -2.24. The topological polar surface area (TPSA) is 47.6 Å². The molecule has 2 aromatic rings. The molecule has 0 spiro atoms. The molecule has 1 atom stereocenters. The van der Waals surface area contributed by atoms with Gasteiger partial charge < -0.3 is 14.8 Å². The molecule has 1 amide bonds. The average molecular weight is 339 g/mol. The van der Waals surface area contributed by atoms with Gasteiger partial charge in [0.2, 0.25) is 5.91 Å². The lowest BCUT2D eigenvalue weighted by atomic mass is 9.88. The number of amides is 1. The normalized spacial score (nSPS) is 17.2. The summed E-state index contributed by atoms with van der Waals surface area (Å²) in [5, 5.41) is 2.73. The second-order valence-electron chi connectivity index (χ2n) is 6.53. The van der Waals surface area contributed by atoms with Crippen LogP contribution in [0.5, 0.6) is 0 Å². The smallest absolute Gasteiger partial charge is 0.220 e. The molecule has 132 valence electrons. The highest BCUT2D eigenvalue weighted by Crippen LogP contribution is 2.32. The molecule has 1 heterocycles. The van der Waals surface area contributed by atoms with Gasteiger partial charge in [0.1, 0.15) is 0 Å². The molecule has 0 saturated carbocycles. The molecule has 1 N–H and O–H groups in total. The molecular weight excluding hydrogens is 314 g/mol. The maximum Gasteiger partial charge on any atom is 0.220 e. The Hall–Kier alpha value is -2.17. The highest BCUT2D eigenvalue weighted by Gasteiger charge is 2.33. The van der Waals surface area contributed by atoms with Gasteiger partial charge in [0.15, 0.2) is 5.79 Å². The van der Waals surface area contributed by atoms with Crippen molar-refractivity contribution in [2.45, 2.75) is 31.5 Å². The molecule has 1 unspecified atom stereocenters. The van der Waals surface area contributed by atoms with E-state index in [9.17, 15) is 4.79 Å². The van der Waals surface area contributed by atoms with Crippen molar-refractivity contribution in [3.8, 4) is 0 Å². The van der Waals surface area contributed by atoms with Crippen molar-refractivity contribution >= 4 is 5.91 Å². The van der Waals surface area contributed by atoms with E-state index in [0.29, 0.717) is 19.6 Å². The number of carbonyl (C=O) groups excluding carboxylic acids is 1. The van der Waals surface area contributed by atoms with E-state index in [2.05, 4.69) is 29.6 Å². The summed E-state index contributed by atoms with van der Waals surface area (Å²) in [5.41, 5.74) is 3.39. The highest BCUT2D eigenvalue weighted by atomic mass is 16.7. The van der Waals surface area contributed by atoms with E-state index >= 15 is 0 Å². The molecule has 0 aliphatic carbocycles. The molecule has 1 aliphatic heterocycles. The Balaban J connectivity index is 1.81. The van der Waals surface area contributed by atoms with Gasteiger partial charge >= 0.3 is 0 Å². The molecule has 1 saturated heterocycles. The molecule has 2 aromatic carbocycles. The number of carbonyl (C=O) groups is 1. The van der Waals surface area contributed by atoms with Gasteiger partial charge in [-0.25, -0.2) is 0 Å². The second-order valence-corrected chi connectivity index (χ2v) is 6.53. The second kappa shape index (κ2) is 7.81. The number of benzene rings is 2. The Labute approximate surface area is 149 Å². The van der Waals surface area contributed by atoms with Crippen LogP contribution in [0.15, 0.2) is 54.6 Å². The van der Waals surface area contributed by atoms with Gasteiger partial charge in [-0.2, -0.15) is 0 Å². The Morgan fingerprint density at radius 3 is 2.32 bits per heavy atom. The van der Waals surface area contributed by atoms with Gasteiger partial charge in [-0.1, -0.05) is 54.6 Å². The molecule has 1 aliphatic rings. The first-order valence-corrected chi connectivity index (χ1v) is 8.73. The maximum absolute atomic E-state index is 12.0. The number of hydrogen-bond donors (Lipinski definition) is 1. The SMILES string of the molecule is CNC(=O)CC(Cc1ccccc1)c1ccc(C2(C)OCCO2)cc1. The summed E-state index contributed by atoms with van der Waals surface area (Å²) in [4.78, 5) is 12.0. The molecule has 3 rings (SSSR count). The number of nitrogens with one attached hydrogen (secondary N) is 1. The van der Waals surface area contributed by atoms with Crippen molar-refractivity contribution in [3.63, 3.8) is 0 Å². The van der Waals surface area contributed by atoms with Crippen molar-refractivity contribution in [2.75, 3.05) is 20.3 Å². The fraction of sp³-hybridized carbons (Fsp3) is 0.381. The van der Waals surface area contributed by atoms with Crippen molar-refractivity contribution in [1.82, 2.24) is 5.32 Å². The van der Waals surface area contributed by atoms with E-state index in [0.717, 1.165) is 17.5 Å². The Bertz CT molecular complexity index is 691.